The summed E-state index contributed by atoms with van der Waals surface area (Å²) in [6.07, 6.45) is 0. The van der Waals surface area contributed by atoms with Gasteiger partial charge < -0.3 is 19.3 Å². The lowest BCUT2D eigenvalue weighted by Crippen LogP contribution is -2.10. The molecule has 6 nitrogen and oxygen atoms in total. The molecule has 0 aliphatic heterocycles. The van der Waals surface area contributed by atoms with E-state index < -0.39 is 5.97 Å². The Labute approximate surface area is 163 Å². The number of aryl methyl sites for hydroxylation is 1. The minimum atomic E-state index is -1.01. The molecule has 2 aromatic carbocycles. The molecule has 0 aliphatic carbocycles. The zero-order valence-electron chi connectivity index (χ0n) is 15.7. The van der Waals surface area contributed by atoms with Gasteiger partial charge in [-0.3, -0.25) is 0 Å². The molecule has 0 atom stereocenters. The molecule has 28 heavy (non-hydrogen) atoms. The van der Waals surface area contributed by atoms with Crippen molar-refractivity contribution in [2.75, 3.05) is 13.7 Å². The van der Waals surface area contributed by atoms with Crippen LogP contribution >= 0.6 is 0 Å². The SMILES string of the molecule is COc1ccc(-c2cccc(COc3ccc(OCC(=O)O)c(C)c3)n2)cc1. The van der Waals surface area contributed by atoms with Gasteiger partial charge in [-0.2, -0.15) is 0 Å². The lowest BCUT2D eigenvalue weighted by molar-refractivity contribution is -0.139. The number of aromatic nitrogens is 1. The molecular formula is C22H21NO5. The summed E-state index contributed by atoms with van der Waals surface area (Å²) in [5, 5.41) is 8.70. The van der Waals surface area contributed by atoms with Gasteiger partial charge in [0.2, 0.25) is 0 Å². The van der Waals surface area contributed by atoms with Crippen LogP contribution in [0.5, 0.6) is 17.2 Å². The minimum absolute atomic E-state index is 0.318. The van der Waals surface area contributed by atoms with Crippen LogP contribution < -0.4 is 14.2 Å². The first-order valence-electron chi connectivity index (χ1n) is 8.73. The molecule has 1 N–H and O–H groups in total. The standard InChI is InChI=1S/C22H21NO5/c1-15-12-19(10-11-21(15)28-14-22(24)25)27-13-17-4-3-5-20(23-17)16-6-8-18(26-2)9-7-16/h3-12H,13-14H2,1-2H3,(H,24,25). The van der Waals surface area contributed by atoms with Crippen molar-refractivity contribution in [1.82, 2.24) is 4.98 Å². The number of carboxylic acids is 1. The second kappa shape index (κ2) is 8.90. The van der Waals surface area contributed by atoms with Gasteiger partial charge in [-0.15, -0.1) is 0 Å². The van der Waals surface area contributed by atoms with Gasteiger partial charge in [0.05, 0.1) is 18.5 Å². The summed E-state index contributed by atoms with van der Waals surface area (Å²) in [4.78, 5) is 15.3. The number of methoxy groups -OCH3 is 1. The van der Waals surface area contributed by atoms with Crippen LogP contribution in [-0.2, 0) is 11.4 Å². The highest BCUT2D eigenvalue weighted by atomic mass is 16.5. The summed E-state index contributed by atoms with van der Waals surface area (Å²) in [6.45, 7) is 1.79. The van der Waals surface area contributed by atoms with Crippen LogP contribution in [0.1, 0.15) is 11.3 Å². The normalized spacial score (nSPS) is 10.4. The van der Waals surface area contributed by atoms with Gasteiger partial charge in [0.25, 0.3) is 0 Å². The fraction of sp³-hybridized carbons (Fsp3) is 0.182. The molecule has 0 aliphatic rings. The maximum absolute atomic E-state index is 10.6. The molecule has 6 heteroatoms. The van der Waals surface area contributed by atoms with Crippen molar-refractivity contribution in [2.45, 2.75) is 13.5 Å². The molecule has 0 saturated carbocycles. The van der Waals surface area contributed by atoms with Gasteiger partial charge >= 0.3 is 5.97 Å². The highest BCUT2D eigenvalue weighted by Crippen LogP contribution is 2.25. The highest BCUT2D eigenvalue weighted by molar-refractivity contribution is 5.68. The highest BCUT2D eigenvalue weighted by Gasteiger charge is 2.06. The van der Waals surface area contributed by atoms with Gasteiger partial charge in [0.1, 0.15) is 23.9 Å². The van der Waals surface area contributed by atoms with Crippen molar-refractivity contribution in [2.24, 2.45) is 0 Å². The lowest BCUT2D eigenvalue weighted by atomic mass is 10.1. The van der Waals surface area contributed by atoms with Crippen molar-refractivity contribution >= 4 is 5.97 Å². The number of nitrogens with zero attached hydrogens (tertiary/aromatic N) is 1. The zero-order valence-corrected chi connectivity index (χ0v) is 15.7. The third-order valence-corrected chi connectivity index (χ3v) is 4.08. The molecule has 0 radical (unpaired) electrons. The van der Waals surface area contributed by atoms with E-state index in [-0.39, 0.29) is 6.61 Å². The first-order valence-corrected chi connectivity index (χ1v) is 8.73. The van der Waals surface area contributed by atoms with Crippen LogP contribution in [0, 0.1) is 6.92 Å². The van der Waals surface area contributed by atoms with Crippen molar-refractivity contribution in [1.29, 1.82) is 0 Å². The van der Waals surface area contributed by atoms with Gasteiger partial charge in [0, 0.05) is 5.56 Å². The van der Waals surface area contributed by atoms with Crippen molar-refractivity contribution in [3.05, 3.63) is 71.9 Å². The van der Waals surface area contributed by atoms with E-state index in [0.717, 1.165) is 28.3 Å². The Morgan fingerprint density at radius 1 is 1.00 bits per heavy atom. The van der Waals surface area contributed by atoms with Crippen LogP contribution in [0.2, 0.25) is 0 Å². The summed E-state index contributed by atoms with van der Waals surface area (Å²) < 4.78 is 16.2. The molecule has 0 saturated heterocycles. The number of hydrogen-bond donors (Lipinski definition) is 1. The molecule has 3 aromatic rings. The van der Waals surface area contributed by atoms with E-state index in [1.807, 2.05) is 55.5 Å². The number of carbonyl (C=O) groups is 1. The van der Waals surface area contributed by atoms with Crippen molar-refractivity contribution < 1.29 is 24.1 Å². The Morgan fingerprint density at radius 3 is 2.43 bits per heavy atom. The fourth-order valence-corrected chi connectivity index (χ4v) is 2.65. The zero-order chi connectivity index (χ0) is 19.9. The van der Waals surface area contributed by atoms with E-state index in [0.29, 0.717) is 18.1 Å². The average molecular weight is 379 g/mol. The summed E-state index contributed by atoms with van der Waals surface area (Å²) in [5.41, 5.74) is 3.46. The van der Waals surface area contributed by atoms with Gasteiger partial charge in [-0.05, 0) is 67.1 Å². The monoisotopic (exact) mass is 379 g/mol. The van der Waals surface area contributed by atoms with Gasteiger partial charge in [-0.25, -0.2) is 9.78 Å². The van der Waals surface area contributed by atoms with E-state index in [2.05, 4.69) is 4.98 Å². The summed E-state index contributed by atoms with van der Waals surface area (Å²) >= 11 is 0. The number of rotatable bonds is 8. The van der Waals surface area contributed by atoms with Gasteiger partial charge in [-0.1, -0.05) is 6.07 Å². The first-order chi connectivity index (χ1) is 13.5. The first kappa shape index (κ1) is 19.2. The van der Waals surface area contributed by atoms with Crippen LogP contribution in [0.4, 0.5) is 0 Å². The van der Waals surface area contributed by atoms with E-state index in [1.165, 1.54) is 0 Å². The van der Waals surface area contributed by atoms with Crippen LogP contribution in [0.25, 0.3) is 11.3 Å². The van der Waals surface area contributed by atoms with E-state index in [9.17, 15) is 4.79 Å². The summed E-state index contributed by atoms with van der Waals surface area (Å²) in [5.74, 6) is 0.975. The predicted molar refractivity (Wildman–Crippen MR) is 105 cm³/mol. The second-order valence-electron chi connectivity index (χ2n) is 6.14. The minimum Gasteiger partial charge on any atom is -0.497 e. The van der Waals surface area contributed by atoms with Crippen molar-refractivity contribution in [3.63, 3.8) is 0 Å². The van der Waals surface area contributed by atoms with Crippen molar-refractivity contribution in [3.8, 4) is 28.5 Å². The molecular weight excluding hydrogens is 358 g/mol. The fourth-order valence-electron chi connectivity index (χ4n) is 2.65. The number of hydrogen-bond acceptors (Lipinski definition) is 5. The molecule has 1 heterocycles. The maximum atomic E-state index is 10.6. The Hall–Kier alpha value is -3.54. The van der Waals surface area contributed by atoms with Crippen LogP contribution in [-0.4, -0.2) is 29.8 Å². The molecule has 0 amide bonds. The topological polar surface area (TPSA) is 77.9 Å². The van der Waals surface area contributed by atoms with E-state index in [4.69, 9.17) is 19.3 Å². The van der Waals surface area contributed by atoms with Gasteiger partial charge in [0.15, 0.2) is 6.61 Å². The number of ether oxygens (including phenoxy) is 3. The molecule has 3 rings (SSSR count). The third-order valence-electron chi connectivity index (χ3n) is 4.08. The Bertz CT molecular complexity index is 953. The van der Waals surface area contributed by atoms with Crippen LogP contribution in [0.15, 0.2) is 60.7 Å². The Kier molecular flexibility index (Phi) is 6.11. The Morgan fingerprint density at radius 2 is 1.75 bits per heavy atom. The molecule has 0 fully saturated rings. The third kappa shape index (κ3) is 5.01. The average Bonchev–Trinajstić information content (AvgIpc) is 2.71. The van der Waals surface area contributed by atoms with E-state index >= 15 is 0 Å². The number of benzene rings is 2. The smallest absolute Gasteiger partial charge is 0.341 e. The molecule has 0 bridgehead atoms. The largest absolute Gasteiger partial charge is 0.497 e. The number of carboxylic acid groups (broad SMARTS) is 1. The predicted octanol–water partition coefficient (Wildman–Crippen LogP) is 4.11. The quantitative estimate of drug-likeness (QED) is 0.635. The molecule has 144 valence electrons. The maximum Gasteiger partial charge on any atom is 0.341 e. The Balaban J connectivity index is 1.66. The lowest BCUT2D eigenvalue weighted by Gasteiger charge is -2.11. The molecule has 0 spiro atoms. The summed E-state index contributed by atoms with van der Waals surface area (Å²) in [6, 6.07) is 18.8. The summed E-state index contributed by atoms with van der Waals surface area (Å²) in [7, 11) is 1.64. The number of aliphatic carboxylic acids is 1. The second-order valence-corrected chi connectivity index (χ2v) is 6.14. The molecule has 0 unspecified atom stereocenters. The van der Waals surface area contributed by atoms with Crippen LogP contribution in [0.3, 0.4) is 0 Å². The molecule has 1 aromatic heterocycles. The number of pyridine rings is 1. The van der Waals surface area contributed by atoms with E-state index in [1.54, 1.807) is 19.2 Å².